The van der Waals surface area contributed by atoms with E-state index in [2.05, 4.69) is 29.0 Å². The molecule has 0 spiro atoms. The molecule has 94 valence electrons. The van der Waals surface area contributed by atoms with E-state index in [-0.39, 0.29) is 5.91 Å². The fraction of sp³-hybridized carbons (Fsp3) is 0.667. The number of hydrogen-bond donors (Lipinski definition) is 1. The normalized spacial score (nSPS) is 25.8. The molecular weight excluding hydrogens is 234 g/mol. The van der Waals surface area contributed by atoms with Crippen LogP contribution >= 0.6 is 11.3 Å². The average molecular weight is 253 g/mol. The minimum absolute atomic E-state index is 0.0428. The number of carbonyl (C=O) groups is 1. The van der Waals surface area contributed by atoms with Gasteiger partial charge < -0.3 is 5.32 Å². The number of aromatic nitrogens is 1. The predicted octanol–water partition coefficient (Wildman–Crippen LogP) is 2.06. The summed E-state index contributed by atoms with van der Waals surface area (Å²) in [5.74, 6) is 1.42. The van der Waals surface area contributed by atoms with Gasteiger partial charge in [-0.25, -0.2) is 4.98 Å². The molecule has 0 radical (unpaired) electrons. The van der Waals surface area contributed by atoms with Crippen molar-refractivity contribution >= 4 is 22.4 Å². The third-order valence-corrected chi connectivity index (χ3v) is 3.68. The maximum absolute atomic E-state index is 11.8. The molecule has 1 aliphatic heterocycles. The Balaban J connectivity index is 1.82. The highest BCUT2D eigenvalue weighted by Gasteiger charge is 2.23. The Kier molecular flexibility index (Phi) is 4.12. The van der Waals surface area contributed by atoms with Crippen LogP contribution in [0.1, 0.15) is 20.3 Å². The highest BCUT2D eigenvalue weighted by Crippen LogP contribution is 2.20. The molecule has 2 atom stereocenters. The quantitative estimate of drug-likeness (QED) is 0.897. The number of nitrogens with one attached hydrogen (secondary N) is 1. The molecule has 2 heterocycles. The summed E-state index contributed by atoms with van der Waals surface area (Å²) in [6, 6.07) is 0. The van der Waals surface area contributed by atoms with Crippen LogP contribution in [0, 0.1) is 11.8 Å². The second kappa shape index (κ2) is 5.60. The van der Waals surface area contributed by atoms with Crippen molar-refractivity contribution < 1.29 is 4.79 Å². The molecule has 0 bridgehead atoms. The molecule has 1 aromatic rings. The zero-order valence-corrected chi connectivity index (χ0v) is 11.2. The minimum Gasteiger partial charge on any atom is -0.301 e. The summed E-state index contributed by atoms with van der Waals surface area (Å²) >= 11 is 1.45. The van der Waals surface area contributed by atoms with Crippen LogP contribution in [0.25, 0.3) is 0 Å². The van der Waals surface area contributed by atoms with E-state index >= 15 is 0 Å². The monoisotopic (exact) mass is 253 g/mol. The first-order chi connectivity index (χ1) is 8.13. The Labute approximate surface area is 106 Å². The zero-order valence-electron chi connectivity index (χ0n) is 10.3. The van der Waals surface area contributed by atoms with Crippen LogP contribution < -0.4 is 5.32 Å². The molecule has 1 saturated heterocycles. The standard InChI is InChI=1S/C12H19N3OS/c1-9-5-10(2)7-15(6-9)8-11(16)14-12-13-3-4-17-12/h3-4,9-10H,5-8H2,1-2H3,(H,13,14,16)/t9-,10-/m1/s1. The van der Waals surface area contributed by atoms with Crippen LogP contribution in [0.3, 0.4) is 0 Å². The van der Waals surface area contributed by atoms with E-state index in [0.29, 0.717) is 23.5 Å². The Morgan fingerprint density at radius 1 is 1.53 bits per heavy atom. The van der Waals surface area contributed by atoms with Crippen molar-refractivity contribution in [1.29, 1.82) is 0 Å². The summed E-state index contributed by atoms with van der Waals surface area (Å²) in [5.41, 5.74) is 0. The molecule has 1 amide bonds. The van der Waals surface area contributed by atoms with Gasteiger partial charge in [-0.3, -0.25) is 9.69 Å². The van der Waals surface area contributed by atoms with Crippen molar-refractivity contribution in [2.24, 2.45) is 11.8 Å². The summed E-state index contributed by atoms with van der Waals surface area (Å²) in [7, 11) is 0. The number of hydrogen-bond acceptors (Lipinski definition) is 4. The molecule has 0 unspecified atom stereocenters. The van der Waals surface area contributed by atoms with E-state index < -0.39 is 0 Å². The number of likely N-dealkylation sites (tertiary alicyclic amines) is 1. The van der Waals surface area contributed by atoms with Gasteiger partial charge in [-0.2, -0.15) is 0 Å². The first-order valence-electron chi connectivity index (χ1n) is 6.05. The van der Waals surface area contributed by atoms with Gasteiger partial charge >= 0.3 is 0 Å². The van der Waals surface area contributed by atoms with Gasteiger partial charge in [0.05, 0.1) is 6.54 Å². The second-order valence-corrected chi connectivity index (χ2v) is 5.92. The van der Waals surface area contributed by atoms with Crippen LogP contribution in [0.5, 0.6) is 0 Å². The SMILES string of the molecule is C[C@@H]1C[C@@H](C)CN(CC(=O)Nc2nccs2)C1. The van der Waals surface area contributed by atoms with Gasteiger partial charge in [0.2, 0.25) is 5.91 Å². The number of thiazole rings is 1. The van der Waals surface area contributed by atoms with Crippen molar-refractivity contribution in [2.45, 2.75) is 20.3 Å². The van der Waals surface area contributed by atoms with Crippen LogP contribution in [-0.2, 0) is 4.79 Å². The molecule has 1 N–H and O–H groups in total. The highest BCUT2D eigenvalue weighted by molar-refractivity contribution is 7.13. The van der Waals surface area contributed by atoms with Crippen LogP contribution in [0.4, 0.5) is 5.13 Å². The number of carbonyl (C=O) groups excluding carboxylic acids is 1. The molecule has 0 saturated carbocycles. The van der Waals surface area contributed by atoms with Crippen molar-refractivity contribution in [3.63, 3.8) is 0 Å². The van der Waals surface area contributed by atoms with Crippen LogP contribution in [0.2, 0.25) is 0 Å². The van der Waals surface area contributed by atoms with Gasteiger partial charge in [0.1, 0.15) is 0 Å². The van der Waals surface area contributed by atoms with E-state index in [9.17, 15) is 4.79 Å². The smallest absolute Gasteiger partial charge is 0.240 e. The zero-order chi connectivity index (χ0) is 12.3. The van der Waals surface area contributed by atoms with Crippen molar-refractivity contribution in [2.75, 3.05) is 25.0 Å². The maximum Gasteiger partial charge on any atom is 0.240 e. The van der Waals surface area contributed by atoms with Gasteiger partial charge in [0.15, 0.2) is 5.13 Å². The molecule has 1 aromatic heterocycles. The van der Waals surface area contributed by atoms with Crippen molar-refractivity contribution in [3.8, 4) is 0 Å². The Morgan fingerprint density at radius 2 is 2.24 bits per heavy atom. The lowest BCUT2D eigenvalue weighted by Crippen LogP contribution is -2.42. The lowest BCUT2D eigenvalue weighted by molar-refractivity contribution is -0.117. The number of amides is 1. The van der Waals surface area contributed by atoms with Gasteiger partial charge in [0.25, 0.3) is 0 Å². The molecule has 0 aliphatic carbocycles. The summed E-state index contributed by atoms with van der Waals surface area (Å²) in [5, 5.41) is 5.38. The van der Waals surface area contributed by atoms with E-state index in [1.807, 2.05) is 5.38 Å². The van der Waals surface area contributed by atoms with Gasteiger partial charge in [0, 0.05) is 24.7 Å². The van der Waals surface area contributed by atoms with Crippen molar-refractivity contribution in [1.82, 2.24) is 9.88 Å². The highest BCUT2D eigenvalue weighted by atomic mass is 32.1. The largest absolute Gasteiger partial charge is 0.301 e. The summed E-state index contributed by atoms with van der Waals surface area (Å²) in [6.07, 6.45) is 2.97. The van der Waals surface area contributed by atoms with E-state index in [0.717, 1.165) is 13.1 Å². The fourth-order valence-electron chi connectivity index (χ4n) is 2.57. The third-order valence-electron chi connectivity index (χ3n) is 2.99. The van der Waals surface area contributed by atoms with Crippen LogP contribution in [-0.4, -0.2) is 35.4 Å². The van der Waals surface area contributed by atoms with Crippen LogP contribution in [0.15, 0.2) is 11.6 Å². The first kappa shape index (κ1) is 12.5. The summed E-state index contributed by atoms with van der Waals surface area (Å²) in [6.45, 7) is 7.03. The Bertz CT molecular complexity index is 356. The molecule has 1 fully saturated rings. The summed E-state index contributed by atoms with van der Waals surface area (Å²) < 4.78 is 0. The van der Waals surface area contributed by atoms with Gasteiger partial charge in [-0.05, 0) is 18.3 Å². The molecule has 5 heteroatoms. The molecule has 2 rings (SSSR count). The topological polar surface area (TPSA) is 45.2 Å². The third kappa shape index (κ3) is 3.78. The number of nitrogens with zero attached hydrogens (tertiary/aromatic N) is 2. The molecule has 1 aliphatic rings. The molecular formula is C12H19N3OS. The predicted molar refractivity (Wildman–Crippen MR) is 70.1 cm³/mol. The van der Waals surface area contributed by atoms with Gasteiger partial charge in [-0.15, -0.1) is 11.3 Å². The first-order valence-corrected chi connectivity index (χ1v) is 6.93. The van der Waals surface area contributed by atoms with E-state index in [4.69, 9.17) is 0 Å². The van der Waals surface area contributed by atoms with E-state index in [1.165, 1.54) is 17.8 Å². The number of rotatable bonds is 3. The summed E-state index contributed by atoms with van der Waals surface area (Å²) in [4.78, 5) is 18.1. The Morgan fingerprint density at radius 3 is 2.82 bits per heavy atom. The number of piperidine rings is 1. The second-order valence-electron chi connectivity index (χ2n) is 5.03. The maximum atomic E-state index is 11.8. The van der Waals surface area contributed by atoms with Gasteiger partial charge in [-0.1, -0.05) is 13.8 Å². The number of anilines is 1. The molecule has 4 nitrogen and oxygen atoms in total. The Hall–Kier alpha value is -0.940. The van der Waals surface area contributed by atoms with Crippen molar-refractivity contribution in [3.05, 3.63) is 11.6 Å². The molecule has 17 heavy (non-hydrogen) atoms. The average Bonchev–Trinajstić information content (AvgIpc) is 2.67. The fourth-order valence-corrected chi connectivity index (χ4v) is 3.11. The minimum atomic E-state index is 0.0428. The van der Waals surface area contributed by atoms with E-state index in [1.54, 1.807) is 6.20 Å². The lowest BCUT2D eigenvalue weighted by atomic mass is 9.92. The lowest BCUT2D eigenvalue weighted by Gasteiger charge is -2.34. The molecule has 0 aromatic carbocycles.